The number of rotatable bonds is 3. The molecule has 1 unspecified atom stereocenters. The van der Waals surface area contributed by atoms with Gasteiger partial charge < -0.3 is 5.32 Å². The maximum Gasteiger partial charge on any atom is 0.0857 e. The van der Waals surface area contributed by atoms with Gasteiger partial charge in [-0.25, -0.2) is 0 Å². The van der Waals surface area contributed by atoms with Crippen LogP contribution in [0.4, 0.5) is 0 Å². The smallest absolute Gasteiger partial charge is 0.0857 e. The van der Waals surface area contributed by atoms with Crippen molar-refractivity contribution in [1.29, 1.82) is 0 Å². The lowest BCUT2D eigenvalue weighted by Crippen LogP contribution is -2.17. The van der Waals surface area contributed by atoms with Gasteiger partial charge in [-0.1, -0.05) is 11.6 Å². The van der Waals surface area contributed by atoms with Crippen molar-refractivity contribution in [1.82, 2.24) is 10.3 Å². The Kier molecular flexibility index (Phi) is 3.97. The van der Waals surface area contributed by atoms with Crippen LogP contribution in [-0.4, -0.2) is 12.0 Å². The van der Waals surface area contributed by atoms with Crippen LogP contribution in [0.15, 0.2) is 34.2 Å². The van der Waals surface area contributed by atoms with Crippen LogP contribution in [-0.2, 0) is 0 Å². The average molecular weight is 318 g/mol. The number of hydrogen-bond donors (Lipinski definition) is 1. The second-order valence-electron chi connectivity index (χ2n) is 3.26. The molecule has 0 aliphatic heterocycles. The zero-order valence-electron chi connectivity index (χ0n) is 8.58. The monoisotopic (exact) mass is 316 g/mol. The molecule has 0 fully saturated rings. The van der Waals surface area contributed by atoms with Gasteiger partial charge in [0.2, 0.25) is 0 Å². The molecule has 1 N–H and O–H groups in total. The van der Waals surface area contributed by atoms with Crippen molar-refractivity contribution in [3.05, 3.63) is 49.8 Å². The normalized spacial score (nSPS) is 12.7. The van der Waals surface area contributed by atoms with Crippen LogP contribution >= 0.6 is 38.9 Å². The van der Waals surface area contributed by atoms with Gasteiger partial charge in [-0.2, -0.15) is 0 Å². The van der Waals surface area contributed by atoms with Gasteiger partial charge in [-0.3, -0.25) is 4.98 Å². The van der Waals surface area contributed by atoms with E-state index in [9.17, 15) is 0 Å². The summed E-state index contributed by atoms with van der Waals surface area (Å²) in [6.07, 6.45) is 1.79. The van der Waals surface area contributed by atoms with Gasteiger partial charge in [0.15, 0.2) is 0 Å². The van der Waals surface area contributed by atoms with Crippen LogP contribution in [0.3, 0.4) is 0 Å². The zero-order valence-corrected chi connectivity index (χ0v) is 11.7. The third-order valence-electron chi connectivity index (χ3n) is 2.24. The summed E-state index contributed by atoms with van der Waals surface area (Å²) in [6.45, 7) is 0. The molecule has 2 aromatic rings. The second-order valence-corrected chi connectivity index (χ2v) is 5.53. The summed E-state index contributed by atoms with van der Waals surface area (Å²) in [5.41, 5.74) is 0.968. The van der Waals surface area contributed by atoms with Gasteiger partial charge >= 0.3 is 0 Å². The van der Waals surface area contributed by atoms with Crippen molar-refractivity contribution in [3.8, 4) is 0 Å². The van der Waals surface area contributed by atoms with Gasteiger partial charge in [-0.15, -0.1) is 11.3 Å². The Labute approximate surface area is 112 Å². The van der Waals surface area contributed by atoms with E-state index in [4.69, 9.17) is 11.6 Å². The SMILES string of the molecule is CNC(c1ccc(Br)cn1)c1sccc1Cl. The minimum atomic E-state index is 0.0561. The summed E-state index contributed by atoms with van der Waals surface area (Å²) < 4.78 is 0.975. The van der Waals surface area contributed by atoms with E-state index in [1.165, 1.54) is 0 Å². The maximum atomic E-state index is 6.13. The molecule has 2 heterocycles. The predicted octanol–water partition coefficient (Wildman–Crippen LogP) is 3.87. The lowest BCUT2D eigenvalue weighted by molar-refractivity contribution is 0.682. The number of pyridine rings is 1. The van der Waals surface area contributed by atoms with E-state index < -0.39 is 0 Å². The van der Waals surface area contributed by atoms with Crippen molar-refractivity contribution in [2.24, 2.45) is 0 Å². The molecule has 0 saturated carbocycles. The van der Waals surface area contributed by atoms with E-state index >= 15 is 0 Å². The molecular formula is C11H10BrClN2S. The van der Waals surface area contributed by atoms with Gasteiger partial charge in [0, 0.05) is 15.5 Å². The third-order valence-corrected chi connectivity index (χ3v) is 4.13. The highest BCUT2D eigenvalue weighted by Gasteiger charge is 2.17. The molecule has 0 radical (unpaired) electrons. The van der Waals surface area contributed by atoms with Crippen LogP contribution in [0.25, 0.3) is 0 Å². The Morgan fingerprint density at radius 3 is 2.75 bits per heavy atom. The van der Waals surface area contributed by atoms with Crippen LogP contribution in [0.2, 0.25) is 5.02 Å². The first-order chi connectivity index (χ1) is 7.72. The predicted molar refractivity (Wildman–Crippen MR) is 72.2 cm³/mol. The van der Waals surface area contributed by atoms with Crippen molar-refractivity contribution in [2.75, 3.05) is 7.05 Å². The van der Waals surface area contributed by atoms with E-state index in [1.54, 1.807) is 17.5 Å². The number of aromatic nitrogens is 1. The zero-order chi connectivity index (χ0) is 11.5. The van der Waals surface area contributed by atoms with Crippen LogP contribution < -0.4 is 5.32 Å². The van der Waals surface area contributed by atoms with Gasteiger partial charge in [0.1, 0.15) is 0 Å². The van der Waals surface area contributed by atoms with Crippen LogP contribution in [0, 0.1) is 0 Å². The average Bonchev–Trinajstić information content (AvgIpc) is 2.69. The lowest BCUT2D eigenvalue weighted by atomic mass is 10.1. The fourth-order valence-electron chi connectivity index (χ4n) is 1.48. The molecule has 2 nitrogen and oxygen atoms in total. The Balaban J connectivity index is 2.37. The molecule has 0 bridgehead atoms. The molecule has 2 rings (SSSR count). The van der Waals surface area contributed by atoms with Crippen molar-refractivity contribution in [3.63, 3.8) is 0 Å². The van der Waals surface area contributed by atoms with E-state index in [-0.39, 0.29) is 6.04 Å². The Hall–Kier alpha value is -0.420. The lowest BCUT2D eigenvalue weighted by Gasteiger charge is -2.14. The third kappa shape index (κ3) is 2.46. The van der Waals surface area contributed by atoms with E-state index in [0.717, 1.165) is 20.1 Å². The molecule has 0 aliphatic carbocycles. The number of nitrogens with zero attached hydrogens (tertiary/aromatic N) is 1. The number of halogens is 2. The second kappa shape index (κ2) is 5.27. The molecule has 0 amide bonds. The van der Waals surface area contributed by atoms with Crippen LogP contribution in [0.5, 0.6) is 0 Å². The van der Waals surface area contributed by atoms with Gasteiger partial charge in [0.25, 0.3) is 0 Å². The largest absolute Gasteiger partial charge is 0.307 e. The summed E-state index contributed by atoms with van der Waals surface area (Å²) >= 11 is 11.1. The summed E-state index contributed by atoms with van der Waals surface area (Å²) in [5.74, 6) is 0. The van der Waals surface area contributed by atoms with E-state index in [2.05, 4.69) is 26.2 Å². The topological polar surface area (TPSA) is 24.9 Å². The highest BCUT2D eigenvalue weighted by molar-refractivity contribution is 9.10. The molecular weight excluding hydrogens is 308 g/mol. The van der Waals surface area contributed by atoms with Gasteiger partial charge in [-0.05, 0) is 46.6 Å². The van der Waals surface area contributed by atoms with Crippen molar-refractivity contribution >= 4 is 38.9 Å². The molecule has 0 aromatic carbocycles. The minimum Gasteiger partial charge on any atom is -0.307 e. The highest BCUT2D eigenvalue weighted by atomic mass is 79.9. The quantitative estimate of drug-likeness (QED) is 0.929. The summed E-state index contributed by atoms with van der Waals surface area (Å²) in [4.78, 5) is 5.48. The molecule has 1 atom stereocenters. The minimum absolute atomic E-state index is 0.0561. The number of hydrogen-bond acceptors (Lipinski definition) is 3. The summed E-state index contributed by atoms with van der Waals surface area (Å²) in [5, 5.41) is 6.00. The molecule has 0 spiro atoms. The first kappa shape index (κ1) is 12.0. The maximum absolute atomic E-state index is 6.13. The Morgan fingerprint density at radius 1 is 1.44 bits per heavy atom. The van der Waals surface area contributed by atoms with Crippen LogP contribution in [0.1, 0.15) is 16.6 Å². The van der Waals surface area contributed by atoms with Crippen molar-refractivity contribution < 1.29 is 0 Å². The molecule has 16 heavy (non-hydrogen) atoms. The Bertz CT molecular complexity index is 469. The molecule has 0 saturated heterocycles. The molecule has 0 aliphatic rings. The van der Waals surface area contributed by atoms with Gasteiger partial charge in [0.05, 0.1) is 16.8 Å². The molecule has 84 valence electrons. The number of thiophene rings is 1. The standard InChI is InChI=1S/C11H10BrClN2S/c1-14-10(11-8(13)4-5-16-11)9-3-2-7(12)6-15-9/h2-6,10,14H,1H3. The highest BCUT2D eigenvalue weighted by Crippen LogP contribution is 2.32. The number of nitrogens with one attached hydrogen (secondary N) is 1. The fourth-order valence-corrected chi connectivity index (χ4v) is 3.00. The first-order valence-electron chi connectivity index (χ1n) is 4.74. The summed E-state index contributed by atoms with van der Waals surface area (Å²) in [7, 11) is 1.91. The summed E-state index contributed by atoms with van der Waals surface area (Å²) in [6, 6.07) is 5.93. The molecule has 5 heteroatoms. The van der Waals surface area contributed by atoms with E-state index in [1.807, 2.05) is 30.6 Å². The van der Waals surface area contributed by atoms with Crippen molar-refractivity contribution in [2.45, 2.75) is 6.04 Å². The first-order valence-corrected chi connectivity index (χ1v) is 6.79. The molecule has 2 aromatic heterocycles. The Morgan fingerprint density at radius 2 is 2.25 bits per heavy atom. The fraction of sp³-hybridized carbons (Fsp3) is 0.182. The van der Waals surface area contributed by atoms with E-state index in [0.29, 0.717) is 0 Å².